The number of hydrogen-bond donors (Lipinski definition) is 3. The van der Waals surface area contributed by atoms with Crippen molar-refractivity contribution in [3.8, 4) is 0 Å². The number of carboxylic acid groups (broad SMARTS) is 1. The van der Waals surface area contributed by atoms with Crippen LogP contribution in [0.15, 0.2) is 30.5 Å². The summed E-state index contributed by atoms with van der Waals surface area (Å²) < 4.78 is 0. The molecule has 3 rings (SSSR count). The van der Waals surface area contributed by atoms with E-state index in [-0.39, 0.29) is 11.7 Å². The van der Waals surface area contributed by atoms with Gasteiger partial charge >= 0.3 is 5.97 Å². The van der Waals surface area contributed by atoms with E-state index in [0.717, 1.165) is 31.2 Å². The maximum Gasteiger partial charge on any atom is 0.337 e. The minimum Gasteiger partial charge on any atom is -0.478 e. The number of nitrogens with zero attached hydrogens (tertiary/aromatic N) is 1. The van der Waals surface area contributed by atoms with E-state index in [1.165, 1.54) is 6.20 Å². The molecule has 3 N–H and O–H groups in total. The molecule has 0 amide bonds. The van der Waals surface area contributed by atoms with Crippen LogP contribution in [-0.2, 0) is 0 Å². The fraction of sp³-hybridized carbons (Fsp3) is 0.375. The van der Waals surface area contributed by atoms with Gasteiger partial charge in [-0.1, -0.05) is 24.3 Å². The first-order valence-electron chi connectivity index (χ1n) is 7.18. The van der Waals surface area contributed by atoms with Crippen molar-refractivity contribution in [2.75, 3.05) is 11.9 Å². The van der Waals surface area contributed by atoms with Gasteiger partial charge in [-0.15, -0.1) is 0 Å². The SMILES string of the molecule is O=C(O)c1cnc(NCC2CCC(O)C2)c2ccccc12. The van der Waals surface area contributed by atoms with Gasteiger partial charge < -0.3 is 15.5 Å². The predicted molar refractivity (Wildman–Crippen MR) is 80.5 cm³/mol. The van der Waals surface area contributed by atoms with Crippen molar-refractivity contribution in [1.29, 1.82) is 0 Å². The van der Waals surface area contributed by atoms with Gasteiger partial charge in [-0.05, 0) is 25.2 Å². The van der Waals surface area contributed by atoms with Gasteiger partial charge in [0.15, 0.2) is 0 Å². The topological polar surface area (TPSA) is 82.5 Å². The fourth-order valence-corrected chi connectivity index (χ4v) is 2.98. The summed E-state index contributed by atoms with van der Waals surface area (Å²) in [5, 5.41) is 23.6. The Labute approximate surface area is 122 Å². The van der Waals surface area contributed by atoms with Crippen LogP contribution in [0, 0.1) is 5.92 Å². The lowest BCUT2D eigenvalue weighted by Gasteiger charge is -2.14. The molecule has 2 aromatic rings. The molecule has 0 saturated heterocycles. The summed E-state index contributed by atoms with van der Waals surface area (Å²) in [4.78, 5) is 15.5. The van der Waals surface area contributed by atoms with Crippen LogP contribution in [0.1, 0.15) is 29.6 Å². The third-order valence-corrected chi connectivity index (χ3v) is 4.10. The molecule has 0 radical (unpaired) electrons. The van der Waals surface area contributed by atoms with Crippen LogP contribution in [-0.4, -0.2) is 33.8 Å². The van der Waals surface area contributed by atoms with Crippen LogP contribution in [0.5, 0.6) is 0 Å². The van der Waals surface area contributed by atoms with Crippen LogP contribution in [0.2, 0.25) is 0 Å². The van der Waals surface area contributed by atoms with E-state index < -0.39 is 5.97 Å². The van der Waals surface area contributed by atoms with Gasteiger partial charge in [-0.25, -0.2) is 9.78 Å². The molecule has 5 heteroatoms. The van der Waals surface area contributed by atoms with Gasteiger partial charge in [0.05, 0.1) is 11.7 Å². The van der Waals surface area contributed by atoms with Crippen molar-refractivity contribution < 1.29 is 15.0 Å². The summed E-state index contributed by atoms with van der Waals surface area (Å²) in [5.74, 6) is 0.181. The van der Waals surface area contributed by atoms with Crippen molar-refractivity contribution in [2.24, 2.45) is 5.92 Å². The number of fused-ring (bicyclic) bond motifs is 1. The maximum absolute atomic E-state index is 11.2. The number of carbonyl (C=O) groups is 1. The highest BCUT2D eigenvalue weighted by atomic mass is 16.4. The minimum absolute atomic E-state index is 0.184. The average molecular weight is 286 g/mol. The maximum atomic E-state index is 11.2. The molecule has 2 unspecified atom stereocenters. The zero-order valence-corrected chi connectivity index (χ0v) is 11.6. The highest BCUT2D eigenvalue weighted by Crippen LogP contribution is 2.28. The molecule has 1 aliphatic rings. The van der Waals surface area contributed by atoms with E-state index in [1.54, 1.807) is 6.07 Å². The van der Waals surface area contributed by atoms with Crippen LogP contribution in [0.3, 0.4) is 0 Å². The summed E-state index contributed by atoms with van der Waals surface area (Å²) in [7, 11) is 0. The Kier molecular flexibility index (Phi) is 3.75. The molecule has 0 bridgehead atoms. The minimum atomic E-state index is -0.968. The van der Waals surface area contributed by atoms with Gasteiger partial charge in [-0.3, -0.25) is 0 Å². The van der Waals surface area contributed by atoms with Crippen molar-refractivity contribution >= 4 is 22.6 Å². The van der Waals surface area contributed by atoms with Crippen molar-refractivity contribution in [3.63, 3.8) is 0 Å². The normalized spacial score (nSPS) is 21.6. The van der Waals surface area contributed by atoms with Crippen LogP contribution >= 0.6 is 0 Å². The Bertz CT molecular complexity index is 672. The Morgan fingerprint density at radius 2 is 2.05 bits per heavy atom. The zero-order valence-electron chi connectivity index (χ0n) is 11.6. The number of hydrogen-bond acceptors (Lipinski definition) is 4. The highest BCUT2D eigenvalue weighted by molar-refractivity contribution is 6.06. The molecule has 1 heterocycles. The smallest absolute Gasteiger partial charge is 0.337 e. The molecule has 0 aliphatic heterocycles. The summed E-state index contributed by atoms with van der Waals surface area (Å²) in [6.45, 7) is 0.750. The molecule has 5 nitrogen and oxygen atoms in total. The zero-order chi connectivity index (χ0) is 14.8. The number of aromatic nitrogens is 1. The number of nitrogens with one attached hydrogen (secondary N) is 1. The fourth-order valence-electron chi connectivity index (χ4n) is 2.98. The number of aliphatic hydroxyl groups excluding tert-OH is 1. The van der Waals surface area contributed by atoms with Crippen LogP contribution in [0.25, 0.3) is 10.8 Å². The number of rotatable bonds is 4. The first-order chi connectivity index (χ1) is 10.1. The van der Waals surface area contributed by atoms with Crippen LogP contribution < -0.4 is 5.32 Å². The van der Waals surface area contributed by atoms with Gasteiger partial charge in [0.25, 0.3) is 0 Å². The summed E-state index contributed by atoms with van der Waals surface area (Å²) in [6.07, 6.45) is 3.91. The Balaban J connectivity index is 1.86. The standard InChI is InChI=1S/C16H18N2O3/c19-11-6-5-10(7-11)8-17-15-13-4-2-1-3-12(13)14(9-18-15)16(20)21/h1-4,9-11,19H,5-8H2,(H,17,18)(H,20,21). The van der Waals surface area contributed by atoms with Gasteiger partial charge in [0.1, 0.15) is 5.82 Å². The molecule has 2 atom stereocenters. The number of benzene rings is 1. The second-order valence-electron chi connectivity index (χ2n) is 5.59. The lowest BCUT2D eigenvalue weighted by molar-refractivity contribution is 0.0698. The summed E-state index contributed by atoms with van der Waals surface area (Å²) in [6, 6.07) is 7.37. The molecule has 1 saturated carbocycles. The second kappa shape index (κ2) is 5.69. The van der Waals surface area contributed by atoms with E-state index in [1.807, 2.05) is 18.2 Å². The van der Waals surface area contributed by atoms with Crippen molar-refractivity contribution in [3.05, 3.63) is 36.0 Å². The number of aliphatic hydroxyl groups is 1. The third-order valence-electron chi connectivity index (χ3n) is 4.10. The first kappa shape index (κ1) is 13.8. The molecule has 21 heavy (non-hydrogen) atoms. The Morgan fingerprint density at radius 1 is 1.29 bits per heavy atom. The lowest BCUT2D eigenvalue weighted by atomic mass is 10.1. The lowest BCUT2D eigenvalue weighted by Crippen LogP contribution is -2.14. The number of aromatic carboxylic acids is 1. The largest absolute Gasteiger partial charge is 0.478 e. The van der Waals surface area contributed by atoms with E-state index in [4.69, 9.17) is 0 Å². The van der Waals surface area contributed by atoms with E-state index >= 15 is 0 Å². The van der Waals surface area contributed by atoms with Gasteiger partial charge in [0.2, 0.25) is 0 Å². The molecule has 1 fully saturated rings. The molecular formula is C16H18N2O3. The highest BCUT2D eigenvalue weighted by Gasteiger charge is 2.22. The molecule has 1 aromatic carbocycles. The Morgan fingerprint density at radius 3 is 2.71 bits per heavy atom. The second-order valence-corrected chi connectivity index (χ2v) is 5.59. The monoisotopic (exact) mass is 286 g/mol. The number of anilines is 1. The summed E-state index contributed by atoms with van der Waals surface area (Å²) >= 11 is 0. The quantitative estimate of drug-likeness (QED) is 0.804. The molecule has 1 aliphatic carbocycles. The molecular weight excluding hydrogens is 268 g/mol. The van der Waals surface area contributed by atoms with E-state index in [2.05, 4.69) is 10.3 Å². The van der Waals surface area contributed by atoms with E-state index in [9.17, 15) is 15.0 Å². The molecule has 110 valence electrons. The average Bonchev–Trinajstić information content (AvgIpc) is 2.90. The molecule has 1 aromatic heterocycles. The third kappa shape index (κ3) is 2.83. The first-order valence-corrected chi connectivity index (χ1v) is 7.18. The molecule has 0 spiro atoms. The Hall–Kier alpha value is -2.14. The summed E-state index contributed by atoms with van der Waals surface area (Å²) in [5.41, 5.74) is 0.215. The van der Waals surface area contributed by atoms with E-state index in [0.29, 0.717) is 17.1 Å². The van der Waals surface area contributed by atoms with Gasteiger partial charge in [0, 0.05) is 23.5 Å². The number of pyridine rings is 1. The van der Waals surface area contributed by atoms with Crippen molar-refractivity contribution in [2.45, 2.75) is 25.4 Å². The predicted octanol–water partition coefficient (Wildman–Crippen LogP) is 2.51. The number of carboxylic acids is 1. The van der Waals surface area contributed by atoms with Crippen molar-refractivity contribution in [1.82, 2.24) is 4.98 Å². The van der Waals surface area contributed by atoms with Gasteiger partial charge in [-0.2, -0.15) is 0 Å². The van der Waals surface area contributed by atoms with Crippen LogP contribution in [0.4, 0.5) is 5.82 Å².